The minimum Gasteiger partial charge on any atom is -0.330 e. The summed E-state index contributed by atoms with van der Waals surface area (Å²) in [6, 6.07) is 0. The maximum Gasteiger partial charge on any atom is -0.00747 e. The van der Waals surface area contributed by atoms with Gasteiger partial charge >= 0.3 is 0 Å². The largest absolute Gasteiger partial charge is 0.330 e. The summed E-state index contributed by atoms with van der Waals surface area (Å²) in [7, 11) is 0. The highest BCUT2D eigenvalue weighted by molar-refractivity contribution is 4.97. The van der Waals surface area contributed by atoms with Crippen LogP contribution in [0, 0.1) is 98.0 Å². The smallest absolute Gasteiger partial charge is 0.00747 e. The average molecular weight is 1040 g/mol. The zero-order valence-corrected chi connectivity index (χ0v) is 59.1. The molecule has 1 unspecified atom stereocenters. The van der Waals surface area contributed by atoms with Gasteiger partial charge in [-0.25, -0.2) is 0 Å². The molecule has 0 radical (unpaired) electrons. The van der Waals surface area contributed by atoms with Crippen molar-refractivity contribution in [2.24, 2.45) is 104 Å². The van der Waals surface area contributed by atoms with Gasteiger partial charge in [-0.05, 0) is 220 Å². The van der Waals surface area contributed by atoms with E-state index < -0.39 is 0 Å². The van der Waals surface area contributed by atoms with Crippen molar-refractivity contribution in [2.45, 2.75) is 365 Å². The van der Waals surface area contributed by atoms with Crippen molar-refractivity contribution in [1.29, 1.82) is 0 Å². The molecule has 0 spiro atoms. The molecule has 0 heterocycles. The second-order valence-electron chi connectivity index (χ2n) is 41.9. The Morgan fingerprint density at radius 2 is 0.324 bits per heavy atom. The molecule has 0 aromatic rings. The summed E-state index contributed by atoms with van der Waals surface area (Å²) in [4.78, 5) is 0. The first-order chi connectivity index (χ1) is 31.8. The standard InChI is InChI=1S/C73H149N/c1-56(37-38-74)39-58(5,6)41-60(9,10)43-62(13,14)45-64(17,18)47-66(21,22)49-68(25,26)51-70(29,30)53-72(33,34)55-73(35,36)54-71(31,32)52-69(27,28)50-67(23,24)48-65(19,20)46-63(15,16)44-61(11,12)42-59(7,8)40-57(2,3)4/h56H,37-55,74H2,1-36H3. The Kier molecular flexibility index (Phi) is 24.6. The third-order valence-electron chi connectivity index (χ3n) is 16.9. The van der Waals surface area contributed by atoms with Gasteiger partial charge in [0.2, 0.25) is 0 Å². The van der Waals surface area contributed by atoms with Crippen LogP contribution < -0.4 is 5.73 Å². The fraction of sp³-hybridized carbons (Fsp3) is 1.00. The molecule has 0 aliphatic rings. The molecule has 0 amide bonds. The normalized spacial score (nSPS) is 16.3. The first-order valence-corrected chi connectivity index (χ1v) is 31.5. The Morgan fingerprint density at radius 3 is 0.446 bits per heavy atom. The van der Waals surface area contributed by atoms with E-state index in [-0.39, 0.29) is 59.6 Å². The lowest BCUT2D eigenvalue weighted by Crippen LogP contribution is -2.37. The van der Waals surface area contributed by atoms with Crippen LogP contribution in [0.4, 0.5) is 0 Å². The highest BCUT2D eigenvalue weighted by Gasteiger charge is 2.46. The minimum atomic E-state index is 0.267. The maximum absolute atomic E-state index is 5.94. The van der Waals surface area contributed by atoms with Crippen molar-refractivity contribution < 1.29 is 0 Å². The summed E-state index contributed by atoms with van der Waals surface area (Å²) >= 11 is 0. The Labute approximate surface area is 472 Å². The molecule has 0 aromatic heterocycles. The SMILES string of the molecule is CC(CCN)CC(C)(C)CC(C)(C)CC(C)(C)CC(C)(C)CC(C)(C)CC(C)(C)CC(C)(C)CC(C)(C)CC(C)(C)CC(C)(C)CC(C)(C)CC(C)(C)CC(C)(C)CC(C)(C)CC(C)(C)CC(C)(C)CC(C)(C)C. The summed E-state index contributed by atoms with van der Waals surface area (Å²) < 4.78 is 0. The Hall–Kier alpha value is -0.0400. The van der Waals surface area contributed by atoms with Crippen LogP contribution in [0.3, 0.4) is 0 Å². The summed E-state index contributed by atoms with van der Waals surface area (Å²) in [6.45, 7) is 92.7. The number of hydrogen-bond acceptors (Lipinski definition) is 1. The zero-order valence-electron chi connectivity index (χ0n) is 59.1. The second kappa shape index (κ2) is 24.6. The quantitative estimate of drug-likeness (QED) is 0.0673. The number of rotatable bonds is 35. The van der Waals surface area contributed by atoms with Gasteiger partial charge < -0.3 is 5.73 Å². The van der Waals surface area contributed by atoms with Crippen molar-refractivity contribution in [2.75, 3.05) is 6.54 Å². The molecular weight excluding hydrogens is 891 g/mol. The van der Waals surface area contributed by atoms with Crippen LogP contribution in [0.2, 0.25) is 0 Å². The van der Waals surface area contributed by atoms with Gasteiger partial charge in [-0.1, -0.05) is 249 Å². The van der Waals surface area contributed by atoms with Gasteiger partial charge in [0.25, 0.3) is 0 Å². The van der Waals surface area contributed by atoms with E-state index >= 15 is 0 Å². The lowest BCUT2D eigenvalue weighted by atomic mass is 9.57. The molecule has 446 valence electrons. The Bertz CT molecular complexity index is 1660. The lowest BCUT2D eigenvalue weighted by Gasteiger charge is -2.48. The van der Waals surface area contributed by atoms with E-state index in [4.69, 9.17) is 5.73 Å². The topological polar surface area (TPSA) is 26.0 Å². The molecule has 1 heteroatoms. The summed E-state index contributed by atoms with van der Waals surface area (Å²) in [5.74, 6) is 0.694. The van der Waals surface area contributed by atoms with Crippen molar-refractivity contribution in [3.8, 4) is 0 Å². The predicted molar refractivity (Wildman–Crippen MR) is 341 cm³/mol. The van der Waals surface area contributed by atoms with Crippen molar-refractivity contribution >= 4 is 0 Å². The molecular formula is C73H149N. The van der Waals surface area contributed by atoms with Gasteiger partial charge in [-0.2, -0.15) is 0 Å². The molecule has 1 atom stereocenters. The number of nitrogens with two attached hydrogens (primary N) is 1. The average Bonchev–Trinajstić information content (AvgIpc) is 2.88. The maximum atomic E-state index is 5.94. The van der Waals surface area contributed by atoms with Gasteiger partial charge in [-0.15, -0.1) is 0 Å². The second-order valence-corrected chi connectivity index (χ2v) is 41.9. The van der Waals surface area contributed by atoms with E-state index in [9.17, 15) is 0 Å². The molecule has 0 bridgehead atoms. The van der Waals surface area contributed by atoms with Crippen LogP contribution in [0.5, 0.6) is 0 Å². The molecule has 1 nitrogen and oxygen atoms in total. The van der Waals surface area contributed by atoms with Gasteiger partial charge in [0, 0.05) is 0 Å². The minimum absolute atomic E-state index is 0.267. The lowest BCUT2D eigenvalue weighted by molar-refractivity contribution is 0.0283. The predicted octanol–water partition coefficient (Wildman–Crippen LogP) is 25.1. The third kappa shape index (κ3) is 33.5. The third-order valence-corrected chi connectivity index (χ3v) is 16.9. The van der Waals surface area contributed by atoms with E-state index in [0.717, 1.165) is 13.0 Å². The molecule has 0 saturated carbocycles. The fourth-order valence-electron chi connectivity index (χ4n) is 23.2. The van der Waals surface area contributed by atoms with E-state index in [1.807, 2.05) is 0 Å². The van der Waals surface area contributed by atoms with Crippen molar-refractivity contribution in [3.05, 3.63) is 0 Å². The van der Waals surface area contributed by atoms with E-state index in [1.54, 1.807) is 0 Å². The highest BCUT2D eigenvalue weighted by Crippen LogP contribution is 2.57. The van der Waals surface area contributed by atoms with Gasteiger partial charge in [-0.3, -0.25) is 0 Å². The van der Waals surface area contributed by atoms with Gasteiger partial charge in [0.05, 0.1) is 0 Å². The van der Waals surface area contributed by atoms with E-state index in [2.05, 4.69) is 249 Å². The van der Waals surface area contributed by atoms with Gasteiger partial charge in [0.15, 0.2) is 0 Å². The van der Waals surface area contributed by atoms with Crippen LogP contribution in [-0.2, 0) is 0 Å². The zero-order chi connectivity index (χ0) is 59.5. The van der Waals surface area contributed by atoms with Crippen LogP contribution in [0.15, 0.2) is 0 Å². The van der Waals surface area contributed by atoms with Crippen molar-refractivity contribution in [3.63, 3.8) is 0 Å². The fourth-order valence-corrected chi connectivity index (χ4v) is 23.2. The Morgan fingerprint density at radius 1 is 0.203 bits per heavy atom. The molecule has 0 aromatic carbocycles. The van der Waals surface area contributed by atoms with E-state index in [0.29, 0.717) is 38.4 Å². The molecule has 0 aliphatic heterocycles. The monoisotopic (exact) mass is 1040 g/mol. The van der Waals surface area contributed by atoms with Gasteiger partial charge in [0.1, 0.15) is 0 Å². The van der Waals surface area contributed by atoms with Crippen LogP contribution in [0.25, 0.3) is 0 Å². The molecule has 0 fully saturated rings. The van der Waals surface area contributed by atoms with Crippen molar-refractivity contribution in [1.82, 2.24) is 0 Å². The first-order valence-electron chi connectivity index (χ1n) is 31.5. The van der Waals surface area contributed by atoms with E-state index in [1.165, 1.54) is 109 Å². The summed E-state index contributed by atoms with van der Waals surface area (Å²) in [6.07, 6.45) is 22.8. The molecule has 0 rings (SSSR count). The number of hydrogen-bond donors (Lipinski definition) is 1. The van der Waals surface area contributed by atoms with Crippen LogP contribution in [-0.4, -0.2) is 6.54 Å². The molecule has 2 N–H and O–H groups in total. The van der Waals surface area contributed by atoms with Crippen LogP contribution >= 0.6 is 0 Å². The summed E-state index contributed by atoms with van der Waals surface area (Å²) in [5, 5.41) is 0. The first kappa shape index (κ1) is 74.0. The molecule has 74 heavy (non-hydrogen) atoms. The Balaban J connectivity index is 5.76. The summed E-state index contributed by atoms with van der Waals surface area (Å²) in [5.41, 5.74) is 10.9. The van der Waals surface area contributed by atoms with Crippen LogP contribution in [0.1, 0.15) is 365 Å². The molecule has 0 saturated heterocycles. The highest BCUT2D eigenvalue weighted by atomic mass is 14.5. The molecule has 0 aliphatic carbocycles.